The minimum atomic E-state index is -0.510. The zero-order valence-electron chi connectivity index (χ0n) is 11.2. The number of allylic oxidation sites excluding steroid dienone is 2. The predicted octanol–water partition coefficient (Wildman–Crippen LogP) is 1.07. The second-order valence-corrected chi connectivity index (χ2v) is 4.01. The Labute approximate surface area is 113 Å². The van der Waals surface area contributed by atoms with Gasteiger partial charge in [0.05, 0.1) is 13.2 Å². The molecule has 0 saturated carbocycles. The van der Waals surface area contributed by atoms with Crippen molar-refractivity contribution in [3.63, 3.8) is 0 Å². The molecule has 5 heteroatoms. The number of amides is 1. The molecule has 1 aliphatic heterocycles. The number of methoxy groups -OCH3 is 2. The number of hydrogen-bond acceptors (Lipinski definition) is 4. The van der Waals surface area contributed by atoms with Crippen LogP contribution in [0.5, 0.6) is 0 Å². The highest BCUT2D eigenvalue weighted by Gasteiger charge is 2.45. The molecule has 2 atom stereocenters. The molecule has 1 heterocycles. The van der Waals surface area contributed by atoms with Gasteiger partial charge in [0.25, 0.3) is 5.91 Å². The van der Waals surface area contributed by atoms with Gasteiger partial charge in [-0.25, -0.2) is 4.79 Å². The van der Waals surface area contributed by atoms with Gasteiger partial charge in [0.15, 0.2) is 6.10 Å². The predicted molar refractivity (Wildman–Crippen MR) is 71.4 cm³/mol. The standard InChI is InChI=1S/C14H19NO4/c1-4-5-6-7-10-15-11(8-9-12(16)18-2)13(19-3)14(15)17/h4-6,8-9,11,13H,1,7,10H2,2-3H3/b6-5+,9-8+/t11-,13+/m0/s1. The highest BCUT2D eigenvalue weighted by Crippen LogP contribution is 2.24. The summed E-state index contributed by atoms with van der Waals surface area (Å²) in [6, 6.07) is -0.214. The monoisotopic (exact) mass is 265 g/mol. The largest absolute Gasteiger partial charge is 0.466 e. The van der Waals surface area contributed by atoms with Gasteiger partial charge in [0.1, 0.15) is 0 Å². The molecule has 0 N–H and O–H groups in total. The molecule has 0 radical (unpaired) electrons. The molecule has 0 bridgehead atoms. The van der Waals surface area contributed by atoms with Crippen molar-refractivity contribution in [1.29, 1.82) is 0 Å². The Morgan fingerprint density at radius 2 is 2.21 bits per heavy atom. The Bertz CT molecular complexity index is 400. The topological polar surface area (TPSA) is 55.8 Å². The van der Waals surface area contributed by atoms with Gasteiger partial charge in [-0.1, -0.05) is 30.9 Å². The lowest BCUT2D eigenvalue weighted by atomic mass is 9.97. The summed E-state index contributed by atoms with van der Waals surface area (Å²) in [6.07, 6.45) is 8.62. The molecule has 0 aromatic heterocycles. The number of nitrogens with zero attached hydrogens (tertiary/aromatic N) is 1. The average Bonchev–Trinajstić information content (AvgIpc) is 2.42. The summed E-state index contributed by atoms with van der Waals surface area (Å²) < 4.78 is 9.63. The summed E-state index contributed by atoms with van der Waals surface area (Å²) in [7, 11) is 2.79. The van der Waals surface area contributed by atoms with Crippen LogP contribution in [0, 0.1) is 0 Å². The van der Waals surface area contributed by atoms with Gasteiger partial charge in [-0.15, -0.1) is 0 Å². The highest BCUT2D eigenvalue weighted by molar-refractivity contribution is 5.90. The SMILES string of the molecule is C=C/C=C/CCN1C(=O)[C@H](OC)[C@@H]1/C=C/C(=O)OC. The van der Waals surface area contributed by atoms with Crippen LogP contribution >= 0.6 is 0 Å². The van der Waals surface area contributed by atoms with Gasteiger partial charge >= 0.3 is 5.97 Å². The Hall–Kier alpha value is -1.88. The first kappa shape index (κ1) is 15.2. The Morgan fingerprint density at radius 1 is 1.47 bits per heavy atom. The van der Waals surface area contributed by atoms with E-state index < -0.39 is 12.1 Å². The van der Waals surface area contributed by atoms with Crippen LogP contribution in [0.1, 0.15) is 6.42 Å². The van der Waals surface area contributed by atoms with Crippen molar-refractivity contribution in [2.24, 2.45) is 0 Å². The molecule has 19 heavy (non-hydrogen) atoms. The molecule has 0 unspecified atom stereocenters. The first-order valence-corrected chi connectivity index (χ1v) is 6.02. The molecule has 0 aliphatic carbocycles. The first-order chi connectivity index (χ1) is 9.15. The van der Waals surface area contributed by atoms with Crippen LogP contribution < -0.4 is 0 Å². The van der Waals surface area contributed by atoms with Crippen LogP contribution in [0.2, 0.25) is 0 Å². The van der Waals surface area contributed by atoms with Crippen LogP contribution in [0.15, 0.2) is 37.0 Å². The van der Waals surface area contributed by atoms with Gasteiger partial charge in [-0.2, -0.15) is 0 Å². The minimum absolute atomic E-state index is 0.0611. The lowest BCUT2D eigenvalue weighted by Gasteiger charge is -2.44. The number of carbonyl (C=O) groups excluding carboxylic acids is 2. The van der Waals surface area contributed by atoms with E-state index >= 15 is 0 Å². The molecular weight excluding hydrogens is 246 g/mol. The third-order valence-corrected chi connectivity index (χ3v) is 2.89. The summed E-state index contributed by atoms with van der Waals surface area (Å²) in [5.41, 5.74) is 0. The fraction of sp³-hybridized carbons (Fsp3) is 0.429. The third-order valence-electron chi connectivity index (χ3n) is 2.89. The molecule has 5 nitrogen and oxygen atoms in total. The van der Waals surface area contributed by atoms with E-state index in [1.807, 2.05) is 12.2 Å². The van der Waals surface area contributed by atoms with E-state index in [-0.39, 0.29) is 11.9 Å². The van der Waals surface area contributed by atoms with Crippen molar-refractivity contribution in [3.8, 4) is 0 Å². The van der Waals surface area contributed by atoms with Gasteiger partial charge in [0, 0.05) is 19.7 Å². The summed E-state index contributed by atoms with van der Waals surface area (Å²) in [6.45, 7) is 4.16. The van der Waals surface area contributed by atoms with Crippen LogP contribution in [-0.2, 0) is 19.1 Å². The number of likely N-dealkylation sites (tertiary alicyclic amines) is 1. The van der Waals surface area contributed by atoms with Gasteiger partial charge in [-0.05, 0) is 6.42 Å². The zero-order valence-corrected chi connectivity index (χ0v) is 11.2. The average molecular weight is 265 g/mol. The highest BCUT2D eigenvalue weighted by atomic mass is 16.5. The summed E-state index contributed by atoms with van der Waals surface area (Å²) >= 11 is 0. The fourth-order valence-electron chi connectivity index (χ4n) is 1.89. The Balaban J connectivity index is 2.60. The van der Waals surface area contributed by atoms with Crippen molar-refractivity contribution in [2.45, 2.75) is 18.6 Å². The molecular formula is C14H19NO4. The van der Waals surface area contributed by atoms with Crippen LogP contribution in [0.25, 0.3) is 0 Å². The molecule has 1 fully saturated rings. The number of rotatable bonds is 7. The molecule has 0 spiro atoms. The smallest absolute Gasteiger partial charge is 0.330 e. The van der Waals surface area contributed by atoms with Crippen molar-refractivity contribution in [3.05, 3.63) is 37.0 Å². The van der Waals surface area contributed by atoms with E-state index in [0.29, 0.717) is 6.54 Å². The molecule has 1 rings (SSSR count). The second-order valence-electron chi connectivity index (χ2n) is 4.01. The van der Waals surface area contributed by atoms with Gasteiger partial charge in [-0.3, -0.25) is 4.79 Å². The van der Waals surface area contributed by atoms with Gasteiger partial charge in [0.2, 0.25) is 0 Å². The van der Waals surface area contributed by atoms with Crippen molar-refractivity contribution in [2.75, 3.05) is 20.8 Å². The second kappa shape index (κ2) is 7.53. The minimum Gasteiger partial charge on any atom is -0.466 e. The van der Waals surface area contributed by atoms with Crippen molar-refractivity contribution >= 4 is 11.9 Å². The lowest BCUT2D eigenvalue weighted by molar-refractivity contribution is -0.165. The summed E-state index contributed by atoms with van der Waals surface area (Å²) in [4.78, 5) is 24.5. The van der Waals surface area contributed by atoms with Crippen LogP contribution in [0.4, 0.5) is 0 Å². The maximum absolute atomic E-state index is 11.8. The Morgan fingerprint density at radius 3 is 2.79 bits per heavy atom. The normalized spacial score (nSPS) is 22.8. The van der Waals surface area contributed by atoms with E-state index in [2.05, 4.69) is 11.3 Å². The van der Waals surface area contributed by atoms with E-state index in [1.165, 1.54) is 20.3 Å². The molecule has 0 aromatic carbocycles. The molecule has 1 amide bonds. The Kier molecular flexibility index (Phi) is 6.02. The van der Waals surface area contributed by atoms with E-state index in [9.17, 15) is 9.59 Å². The number of β-lactam (4-membered cyclic amide) rings is 1. The molecule has 104 valence electrons. The molecule has 1 aliphatic rings. The quantitative estimate of drug-likeness (QED) is 0.299. The number of esters is 1. The molecule has 1 saturated heterocycles. The number of carbonyl (C=O) groups is 2. The third kappa shape index (κ3) is 3.79. The first-order valence-electron chi connectivity index (χ1n) is 6.02. The fourth-order valence-corrected chi connectivity index (χ4v) is 1.89. The number of ether oxygens (including phenoxy) is 2. The van der Waals surface area contributed by atoms with E-state index in [1.54, 1.807) is 17.1 Å². The van der Waals surface area contributed by atoms with Gasteiger partial charge < -0.3 is 14.4 Å². The summed E-state index contributed by atoms with van der Waals surface area (Å²) in [5.74, 6) is -0.505. The van der Waals surface area contributed by atoms with Crippen LogP contribution in [0.3, 0.4) is 0 Å². The zero-order chi connectivity index (χ0) is 14.3. The number of hydrogen-bond donors (Lipinski definition) is 0. The lowest BCUT2D eigenvalue weighted by Crippen LogP contribution is -2.64. The summed E-state index contributed by atoms with van der Waals surface area (Å²) in [5, 5.41) is 0. The van der Waals surface area contributed by atoms with E-state index in [4.69, 9.17) is 4.74 Å². The molecule has 0 aromatic rings. The maximum atomic E-state index is 11.8. The van der Waals surface area contributed by atoms with E-state index in [0.717, 1.165) is 6.42 Å². The maximum Gasteiger partial charge on any atom is 0.330 e. The van der Waals surface area contributed by atoms with Crippen LogP contribution in [-0.4, -0.2) is 49.7 Å². The van der Waals surface area contributed by atoms with Crippen molar-refractivity contribution < 1.29 is 19.1 Å². The van der Waals surface area contributed by atoms with Crippen molar-refractivity contribution in [1.82, 2.24) is 4.90 Å².